The van der Waals surface area contributed by atoms with Crippen molar-refractivity contribution < 1.29 is 8.42 Å². The Hall–Kier alpha value is -1.84. The first kappa shape index (κ1) is 15.5. The molecule has 0 aliphatic rings. The van der Waals surface area contributed by atoms with E-state index in [-0.39, 0.29) is 4.90 Å². The molecule has 1 N–H and O–H groups in total. The SMILES string of the molecule is Cc1cc(Br)cc(NS(=O)(=O)c2ccc(C#N)cc2C)c1. The summed E-state index contributed by atoms with van der Waals surface area (Å²) in [4.78, 5) is 0.166. The van der Waals surface area contributed by atoms with Crippen molar-refractivity contribution in [1.29, 1.82) is 5.26 Å². The predicted molar refractivity (Wildman–Crippen MR) is 85.6 cm³/mol. The molecule has 0 aliphatic carbocycles. The molecule has 2 aromatic carbocycles. The van der Waals surface area contributed by atoms with Crippen LogP contribution < -0.4 is 4.72 Å². The number of anilines is 1. The van der Waals surface area contributed by atoms with Crippen LogP contribution in [0.25, 0.3) is 0 Å². The van der Waals surface area contributed by atoms with Crippen molar-refractivity contribution in [3.8, 4) is 6.07 Å². The summed E-state index contributed by atoms with van der Waals surface area (Å²) >= 11 is 3.34. The number of hydrogen-bond donors (Lipinski definition) is 1. The molecule has 0 saturated heterocycles. The van der Waals surface area contributed by atoms with Gasteiger partial charge in [0.25, 0.3) is 10.0 Å². The van der Waals surface area contributed by atoms with Crippen molar-refractivity contribution >= 4 is 31.6 Å². The molecular weight excluding hydrogens is 352 g/mol. The van der Waals surface area contributed by atoms with Gasteiger partial charge in [0, 0.05) is 4.47 Å². The number of benzene rings is 2. The number of nitrogens with one attached hydrogen (secondary N) is 1. The Morgan fingerprint density at radius 2 is 1.86 bits per heavy atom. The Bertz CT molecular complexity index is 819. The summed E-state index contributed by atoms with van der Waals surface area (Å²) in [6, 6.07) is 11.8. The highest BCUT2D eigenvalue weighted by Crippen LogP contribution is 2.23. The van der Waals surface area contributed by atoms with E-state index >= 15 is 0 Å². The third-order valence-corrected chi connectivity index (χ3v) is 4.89. The van der Waals surface area contributed by atoms with E-state index < -0.39 is 10.0 Å². The number of nitriles is 1. The minimum atomic E-state index is -3.68. The van der Waals surface area contributed by atoms with Crippen molar-refractivity contribution in [2.45, 2.75) is 18.7 Å². The van der Waals surface area contributed by atoms with E-state index in [1.54, 1.807) is 25.1 Å². The molecule has 0 amide bonds. The molecule has 0 unspecified atom stereocenters. The molecule has 0 radical (unpaired) electrons. The molecule has 0 fully saturated rings. The summed E-state index contributed by atoms with van der Waals surface area (Å²) < 4.78 is 28.2. The van der Waals surface area contributed by atoms with Crippen molar-refractivity contribution in [3.63, 3.8) is 0 Å². The quantitative estimate of drug-likeness (QED) is 0.901. The fourth-order valence-corrected chi connectivity index (χ4v) is 3.90. The minimum absolute atomic E-state index is 0.166. The zero-order chi connectivity index (χ0) is 15.6. The average Bonchev–Trinajstić information content (AvgIpc) is 2.36. The van der Waals surface area contributed by atoms with Gasteiger partial charge >= 0.3 is 0 Å². The third-order valence-electron chi connectivity index (χ3n) is 2.89. The van der Waals surface area contributed by atoms with Gasteiger partial charge in [-0.05, 0) is 61.4 Å². The summed E-state index contributed by atoms with van der Waals surface area (Å²) in [6.07, 6.45) is 0. The van der Waals surface area contributed by atoms with Crippen LogP contribution in [-0.4, -0.2) is 8.42 Å². The van der Waals surface area contributed by atoms with Gasteiger partial charge in [-0.2, -0.15) is 5.26 Å². The standard InChI is InChI=1S/C15H13BrN2O2S/c1-10-5-13(16)8-14(6-10)18-21(19,20)15-4-3-12(9-17)7-11(15)2/h3-8,18H,1-2H3. The number of hydrogen-bond acceptors (Lipinski definition) is 3. The maximum atomic E-state index is 12.4. The maximum absolute atomic E-state index is 12.4. The first-order valence-corrected chi connectivity index (χ1v) is 8.40. The minimum Gasteiger partial charge on any atom is -0.280 e. The Balaban J connectivity index is 2.41. The first-order valence-electron chi connectivity index (χ1n) is 6.12. The van der Waals surface area contributed by atoms with Gasteiger partial charge in [-0.3, -0.25) is 4.72 Å². The van der Waals surface area contributed by atoms with Crippen LogP contribution in [0.5, 0.6) is 0 Å². The Morgan fingerprint density at radius 3 is 2.43 bits per heavy atom. The van der Waals surface area contributed by atoms with Crippen molar-refractivity contribution in [2.24, 2.45) is 0 Å². The first-order chi connectivity index (χ1) is 9.81. The molecule has 21 heavy (non-hydrogen) atoms. The Kier molecular flexibility index (Phi) is 4.35. The van der Waals surface area contributed by atoms with E-state index in [1.165, 1.54) is 12.1 Å². The fraction of sp³-hybridized carbons (Fsp3) is 0.133. The number of halogens is 1. The Morgan fingerprint density at radius 1 is 1.14 bits per heavy atom. The summed E-state index contributed by atoms with van der Waals surface area (Å²) in [6.45, 7) is 3.55. The van der Waals surface area contributed by atoms with E-state index in [9.17, 15) is 8.42 Å². The molecule has 2 aromatic rings. The van der Waals surface area contributed by atoms with Gasteiger partial charge < -0.3 is 0 Å². The van der Waals surface area contributed by atoms with Gasteiger partial charge in [-0.25, -0.2) is 8.42 Å². The molecule has 0 aliphatic heterocycles. The van der Waals surface area contributed by atoms with Crippen LogP contribution >= 0.6 is 15.9 Å². The lowest BCUT2D eigenvalue weighted by Gasteiger charge is -2.11. The summed E-state index contributed by atoms with van der Waals surface area (Å²) in [7, 11) is -3.68. The Labute approximate surface area is 132 Å². The molecule has 0 spiro atoms. The third kappa shape index (κ3) is 3.63. The van der Waals surface area contributed by atoms with Gasteiger partial charge in [0.1, 0.15) is 0 Å². The van der Waals surface area contributed by atoms with E-state index in [0.717, 1.165) is 10.0 Å². The van der Waals surface area contributed by atoms with E-state index in [0.29, 0.717) is 16.8 Å². The molecule has 0 heterocycles. The second-order valence-electron chi connectivity index (χ2n) is 4.71. The van der Waals surface area contributed by atoms with E-state index in [1.807, 2.05) is 19.1 Å². The van der Waals surface area contributed by atoms with Gasteiger partial charge in [0.2, 0.25) is 0 Å². The fourth-order valence-electron chi connectivity index (χ4n) is 2.03. The lowest BCUT2D eigenvalue weighted by Crippen LogP contribution is -2.14. The number of sulfonamides is 1. The normalized spacial score (nSPS) is 11.0. The predicted octanol–water partition coefficient (Wildman–Crippen LogP) is 3.74. The van der Waals surface area contributed by atoms with Crippen LogP contribution in [0.3, 0.4) is 0 Å². The van der Waals surface area contributed by atoms with Gasteiger partial charge in [-0.1, -0.05) is 15.9 Å². The van der Waals surface area contributed by atoms with Gasteiger partial charge in [-0.15, -0.1) is 0 Å². The zero-order valence-electron chi connectivity index (χ0n) is 11.5. The zero-order valence-corrected chi connectivity index (χ0v) is 13.9. The molecule has 6 heteroatoms. The van der Waals surface area contributed by atoms with E-state index in [4.69, 9.17) is 5.26 Å². The molecule has 0 saturated carbocycles. The van der Waals surface area contributed by atoms with Crippen LogP contribution in [-0.2, 0) is 10.0 Å². The summed E-state index contributed by atoms with van der Waals surface area (Å²) in [5.41, 5.74) is 2.40. The van der Waals surface area contributed by atoms with Gasteiger partial charge in [0.15, 0.2) is 0 Å². The lowest BCUT2D eigenvalue weighted by molar-refractivity contribution is 0.600. The van der Waals surface area contributed by atoms with Crippen LogP contribution in [0, 0.1) is 25.2 Å². The topological polar surface area (TPSA) is 70.0 Å². The molecule has 2 rings (SSSR count). The monoisotopic (exact) mass is 364 g/mol. The van der Waals surface area contributed by atoms with Crippen LogP contribution in [0.15, 0.2) is 45.8 Å². The van der Waals surface area contributed by atoms with Crippen LogP contribution in [0.1, 0.15) is 16.7 Å². The second kappa shape index (κ2) is 5.88. The van der Waals surface area contributed by atoms with Crippen LogP contribution in [0.2, 0.25) is 0 Å². The van der Waals surface area contributed by atoms with Crippen molar-refractivity contribution in [2.75, 3.05) is 4.72 Å². The number of rotatable bonds is 3. The summed E-state index contributed by atoms with van der Waals surface area (Å²) in [5.74, 6) is 0. The van der Waals surface area contributed by atoms with Gasteiger partial charge in [0.05, 0.1) is 22.2 Å². The number of nitrogens with zero attached hydrogens (tertiary/aromatic N) is 1. The largest absolute Gasteiger partial charge is 0.280 e. The molecule has 0 bridgehead atoms. The highest BCUT2D eigenvalue weighted by molar-refractivity contribution is 9.10. The molecule has 0 atom stereocenters. The number of aryl methyl sites for hydroxylation is 2. The maximum Gasteiger partial charge on any atom is 0.262 e. The van der Waals surface area contributed by atoms with E-state index in [2.05, 4.69) is 20.7 Å². The molecule has 4 nitrogen and oxygen atoms in total. The second-order valence-corrected chi connectivity index (χ2v) is 7.28. The lowest BCUT2D eigenvalue weighted by atomic mass is 10.2. The molecule has 108 valence electrons. The highest BCUT2D eigenvalue weighted by atomic mass is 79.9. The average molecular weight is 365 g/mol. The highest BCUT2D eigenvalue weighted by Gasteiger charge is 2.17. The van der Waals surface area contributed by atoms with Crippen molar-refractivity contribution in [3.05, 3.63) is 57.6 Å². The molecular formula is C15H13BrN2O2S. The summed E-state index contributed by atoms with van der Waals surface area (Å²) in [5, 5.41) is 8.83. The smallest absolute Gasteiger partial charge is 0.262 e. The molecule has 0 aromatic heterocycles. The van der Waals surface area contributed by atoms with Crippen molar-refractivity contribution in [1.82, 2.24) is 0 Å². The van der Waals surface area contributed by atoms with Crippen LogP contribution in [0.4, 0.5) is 5.69 Å².